The van der Waals surface area contributed by atoms with Crippen LogP contribution in [0.15, 0.2) is 0 Å². The average molecular weight is 183 g/mol. The summed E-state index contributed by atoms with van der Waals surface area (Å²) in [6.45, 7) is 0.431. The summed E-state index contributed by atoms with van der Waals surface area (Å²) < 4.78 is 10.2. The van der Waals surface area contributed by atoms with E-state index in [9.17, 15) is 4.57 Å². The van der Waals surface area contributed by atoms with Crippen LogP contribution >= 0.6 is 7.75 Å². The van der Waals surface area contributed by atoms with Crippen LogP contribution in [0.2, 0.25) is 0 Å². The number of hydrogen-bond acceptors (Lipinski definition) is 2. The molecule has 0 amide bonds. The normalized spacial score (nSPS) is 11.9. The first-order valence-corrected chi connectivity index (χ1v) is 5.09. The molecule has 0 rings (SSSR count). The molecule has 0 aliphatic rings. The van der Waals surface area contributed by atoms with E-state index in [4.69, 9.17) is 14.9 Å². The highest BCUT2D eigenvalue weighted by atomic mass is 31.2. The molecule has 0 aromatic heterocycles. The topological polar surface area (TPSA) is 89.8 Å². The second-order valence-corrected chi connectivity index (χ2v) is 3.64. The van der Waals surface area contributed by atoms with Crippen LogP contribution in [-0.2, 0) is 4.57 Å². The number of nitrogens with one attached hydrogen (secondary N) is 1. The standard InChI is InChI=1S/C5H14NO4P/c7-5-3-1-2-4-6-11(8,9)10/h7H,1-5H2,(H3,6,8,9,10). The third kappa shape index (κ3) is 10.1. The van der Waals surface area contributed by atoms with Crippen molar-refractivity contribution in [2.24, 2.45) is 0 Å². The van der Waals surface area contributed by atoms with E-state index < -0.39 is 7.75 Å². The van der Waals surface area contributed by atoms with Crippen molar-refractivity contribution in [2.45, 2.75) is 19.3 Å². The monoisotopic (exact) mass is 183 g/mol. The Bertz CT molecular complexity index is 134. The molecule has 0 aliphatic carbocycles. The lowest BCUT2D eigenvalue weighted by molar-refractivity contribution is 0.283. The molecule has 11 heavy (non-hydrogen) atoms. The molecular formula is C5H14NO4P. The van der Waals surface area contributed by atoms with Crippen molar-refractivity contribution in [1.82, 2.24) is 5.09 Å². The highest BCUT2D eigenvalue weighted by molar-refractivity contribution is 7.49. The van der Waals surface area contributed by atoms with Gasteiger partial charge in [0.2, 0.25) is 0 Å². The van der Waals surface area contributed by atoms with Gasteiger partial charge in [0.25, 0.3) is 0 Å². The Kier molecular flexibility index (Phi) is 5.72. The van der Waals surface area contributed by atoms with E-state index >= 15 is 0 Å². The maximum absolute atomic E-state index is 10.2. The van der Waals surface area contributed by atoms with Gasteiger partial charge in [-0.1, -0.05) is 0 Å². The molecule has 5 nitrogen and oxygen atoms in total. The van der Waals surface area contributed by atoms with Crippen LogP contribution < -0.4 is 5.09 Å². The molecule has 0 unspecified atom stereocenters. The zero-order valence-corrected chi connectivity index (χ0v) is 7.13. The first-order valence-electron chi connectivity index (χ1n) is 3.48. The van der Waals surface area contributed by atoms with Crippen LogP contribution in [0, 0.1) is 0 Å². The van der Waals surface area contributed by atoms with Gasteiger partial charge in [0, 0.05) is 13.2 Å². The summed E-state index contributed by atoms with van der Waals surface area (Å²) in [6, 6.07) is 0. The van der Waals surface area contributed by atoms with E-state index in [0.29, 0.717) is 19.4 Å². The number of aliphatic hydroxyl groups excluding tert-OH is 1. The third-order valence-corrected chi connectivity index (χ3v) is 1.79. The molecule has 4 N–H and O–H groups in total. The third-order valence-electron chi connectivity index (χ3n) is 1.15. The SMILES string of the molecule is O=P(O)(O)NCCCCCO. The number of hydrogen-bond donors (Lipinski definition) is 4. The first kappa shape index (κ1) is 11.1. The minimum absolute atomic E-state index is 0.135. The minimum Gasteiger partial charge on any atom is -0.396 e. The lowest BCUT2D eigenvalue weighted by Gasteiger charge is -2.04. The van der Waals surface area contributed by atoms with E-state index in [-0.39, 0.29) is 6.61 Å². The summed E-state index contributed by atoms with van der Waals surface area (Å²) in [4.78, 5) is 16.6. The molecule has 0 fully saturated rings. The number of rotatable bonds is 6. The van der Waals surface area contributed by atoms with Crippen molar-refractivity contribution in [3.05, 3.63) is 0 Å². The Labute approximate surface area is 65.7 Å². The number of aliphatic hydroxyl groups is 1. The quantitative estimate of drug-likeness (QED) is 0.339. The van der Waals surface area contributed by atoms with Crippen molar-refractivity contribution in [2.75, 3.05) is 13.2 Å². The lowest BCUT2D eigenvalue weighted by Crippen LogP contribution is -2.11. The van der Waals surface area contributed by atoms with Crippen LogP contribution in [0.3, 0.4) is 0 Å². The van der Waals surface area contributed by atoms with Gasteiger partial charge < -0.3 is 14.9 Å². The lowest BCUT2D eigenvalue weighted by atomic mass is 10.2. The largest absolute Gasteiger partial charge is 0.400 e. The Balaban J connectivity index is 3.09. The highest BCUT2D eigenvalue weighted by Gasteiger charge is 2.09. The van der Waals surface area contributed by atoms with Crippen LogP contribution in [0.4, 0.5) is 0 Å². The average Bonchev–Trinajstić information content (AvgIpc) is 1.85. The van der Waals surface area contributed by atoms with Gasteiger partial charge in [-0.05, 0) is 19.3 Å². The van der Waals surface area contributed by atoms with E-state index in [1.54, 1.807) is 0 Å². The Morgan fingerprint density at radius 1 is 1.18 bits per heavy atom. The minimum atomic E-state index is -4.03. The molecule has 0 saturated carbocycles. The van der Waals surface area contributed by atoms with Crippen LogP contribution in [-0.4, -0.2) is 28.0 Å². The Morgan fingerprint density at radius 3 is 2.27 bits per heavy atom. The molecule has 0 bridgehead atoms. The summed E-state index contributed by atoms with van der Waals surface area (Å²) in [5.41, 5.74) is 0. The second-order valence-electron chi connectivity index (χ2n) is 2.24. The summed E-state index contributed by atoms with van der Waals surface area (Å²) in [6.07, 6.45) is 2.14. The highest BCUT2D eigenvalue weighted by Crippen LogP contribution is 2.27. The fourth-order valence-electron chi connectivity index (χ4n) is 0.638. The predicted octanol–water partition coefficient (Wildman–Crippen LogP) is -0.169. The van der Waals surface area contributed by atoms with Gasteiger partial charge in [-0.15, -0.1) is 0 Å². The Hall–Kier alpha value is 0.0700. The molecule has 6 heteroatoms. The van der Waals surface area contributed by atoms with Crippen LogP contribution in [0.1, 0.15) is 19.3 Å². The van der Waals surface area contributed by atoms with Gasteiger partial charge in [-0.3, -0.25) is 0 Å². The second kappa shape index (κ2) is 5.69. The molecule has 0 atom stereocenters. The maximum atomic E-state index is 10.2. The van der Waals surface area contributed by atoms with Gasteiger partial charge in [0.15, 0.2) is 0 Å². The first-order chi connectivity index (χ1) is 5.06. The molecule has 0 heterocycles. The van der Waals surface area contributed by atoms with Crippen LogP contribution in [0.5, 0.6) is 0 Å². The van der Waals surface area contributed by atoms with E-state index in [1.165, 1.54) is 0 Å². The fraction of sp³-hybridized carbons (Fsp3) is 1.00. The van der Waals surface area contributed by atoms with Crippen molar-refractivity contribution >= 4 is 7.75 Å². The summed E-state index contributed by atoms with van der Waals surface area (Å²) in [5, 5.41) is 10.4. The molecule has 0 aliphatic heterocycles. The van der Waals surface area contributed by atoms with Gasteiger partial charge in [-0.2, -0.15) is 0 Å². The molecule has 0 saturated heterocycles. The number of unbranched alkanes of at least 4 members (excludes halogenated alkanes) is 2. The van der Waals surface area contributed by atoms with Crippen molar-refractivity contribution in [3.63, 3.8) is 0 Å². The van der Waals surface area contributed by atoms with Gasteiger partial charge in [0.1, 0.15) is 0 Å². The molecule has 68 valence electrons. The summed E-state index contributed by atoms with van der Waals surface area (Å²) in [7, 11) is -4.03. The smallest absolute Gasteiger partial charge is 0.396 e. The van der Waals surface area contributed by atoms with Gasteiger partial charge in [0.05, 0.1) is 0 Å². The van der Waals surface area contributed by atoms with Gasteiger partial charge >= 0.3 is 7.75 Å². The fourth-order valence-corrected chi connectivity index (χ4v) is 1.09. The van der Waals surface area contributed by atoms with Crippen molar-refractivity contribution in [3.8, 4) is 0 Å². The van der Waals surface area contributed by atoms with Gasteiger partial charge in [-0.25, -0.2) is 9.65 Å². The molecule has 0 radical (unpaired) electrons. The predicted molar refractivity (Wildman–Crippen MR) is 41.0 cm³/mol. The summed E-state index contributed by atoms with van der Waals surface area (Å²) >= 11 is 0. The van der Waals surface area contributed by atoms with E-state index in [1.807, 2.05) is 0 Å². The van der Waals surface area contributed by atoms with Crippen LogP contribution in [0.25, 0.3) is 0 Å². The Morgan fingerprint density at radius 2 is 1.82 bits per heavy atom. The zero-order valence-electron chi connectivity index (χ0n) is 6.23. The van der Waals surface area contributed by atoms with E-state index in [2.05, 4.69) is 5.09 Å². The van der Waals surface area contributed by atoms with Crippen molar-refractivity contribution < 1.29 is 19.5 Å². The van der Waals surface area contributed by atoms with Crippen molar-refractivity contribution in [1.29, 1.82) is 0 Å². The molecule has 0 spiro atoms. The molecule has 0 aromatic rings. The summed E-state index contributed by atoms with van der Waals surface area (Å²) in [5.74, 6) is 0. The maximum Gasteiger partial charge on any atom is 0.400 e. The molecule has 0 aromatic carbocycles. The molecular weight excluding hydrogens is 169 g/mol. The van der Waals surface area contributed by atoms with E-state index in [0.717, 1.165) is 6.42 Å². The zero-order chi connectivity index (χ0) is 8.74.